The first-order chi connectivity index (χ1) is 4.74. The number of hydrogen-bond donors (Lipinski definition) is 2. The molecule has 0 heterocycles. The van der Waals surface area contributed by atoms with Crippen LogP contribution in [0, 0.1) is 5.92 Å². The van der Waals surface area contributed by atoms with E-state index < -0.39 is 12.2 Å². The summed E-state index contributed by atoms with van der Waals surface area (Å²) >= 11 is 0. The normalized spacial score (nSPS) is 41.2. The summed E-state index contributed by atoms with van der Waals surface area (Å²) in [5, 5.41) is 18.3. The maximum absolute atomic E-state index is 9.18. The molecule has 2 nitrogen and oxygen atoms in total. The SMILES string of the molecule is C=CC1CC[C@@H](O)[C@H](O)C1. The van der Waals surface area contributed by atoms with Gasteiger partial charge in [-0.15, -0.1) is 6.58 Å². The maximum Gasteiger partial charge on any atom is 0.0804 e. The summed E-state index contributed by atoms with van der Waals surface area (Å²) in [5.41, 5.74) is 0. The summed E-state index contributed by atoms with van der Waals surface area (Å²) in [6.07, 6.45) is 3.16. The van der Waals surface area contributed by atoms with Gasteiger partial charge in [-0.1, -0.05) is 6.08 Å². The first-order valence-electron chi connectivity index (χ1n) is 3.72. The van der Waals surface area contributed by atoms with Crippen molar-refractivity contribution >= 4 is 0 Å². The lowest BCUT2D eigenvalue weighted by Crippen LogP contribution is -2.32. The highest BCUT2D eigenvalue weighted by atomic mass is 16.3. The van der Waals surface area contributed by atoms with Gasteiger partial charge in [0.15, 0.2) is 0 Å². The van der Waals surface area contributed by atoms with Crippen LogP contribution in [0.3, 0.4) is 0 Å². The van der Waals surface area contributed by atoms with Crippen molar-refractivity contribution in [2.75, 3.05) is 0 Å². The largest absolute Gasteiger partial charge is 0.390 e. The van der Waals surface area contributed by atoms with E-state index >= 15 is 0 Å². The van der Waals surface area contributed by atoms with Gasteiger partial charge in [-0.3, -0.25) is 0 Å². The van der Waals surface area contributed by atoms with Crippen LogP contribution >= 0.6 is 0 Å². The molecule has 1 fully saturated rings. The van der Waals surface area contributed by atoms with E-state index in [0.717, 1.165) is 6.42 Å². The Hall–Kier alpha value is -0.340. The molecule has 0 bridgehead atoms. The van der Waals surface area contributed by atoms with Crippen LogP contribution in [-0.4, -0.2) is 22.4 Å². The molecule has 58 valence electrons. The van der Waals surface area contributed by atoms with Gasteiger partial charge in [-0.05, 0) is 25.2 Å². The van der Waals surface area contributed by atoms with Crippen molar-refractivity contribution in [2.24, 2.45) is 5.92 Å². The zero-order valence-corrected chi connectivity index (χ0v) is 6.03. The van der Waals surface area contributed by atoms with Gasteiger partial charge < -0.3 is 10.2 Å². The molecule has 10 heavy (non-hydrogen) atoms. The van der Waals surface area contributed by atoms with Crippen LogP contribution in [0.1, 0.15) is 19.3 Å². The zero-order valence-electron chi connectivity index (χ0n) is 6.03. The lowest BCUT2D eigenvalue weighted by atomic mass is 9.86. The second-order valence-electron chi connectivity index (χ2n) is 2.94. The molecule has 0 aromatic rings. The number of rotatable bonds is 1. The minimum Gasteiger partial charge on any atom is -0.390 e. The van der Waals surface area contributed by atoms with Gasteiger partial charge >= 0.3 is 0 Å². The first kappa shape index (κ1) is 7.76. The average Bonchev–Trinajstić information content (AvgIpc) is 1.95. The molecule has 3 atom stereocenters. The van der Waals surface area contributed by atoms with Crippen molar-refractivity contribution < 1.29 is 10.2 Å². The lowest BCUT2D eigenvalue weighted by Gasteiger charge is -2.27. The minimum atomic E-state index is -0.531. The number of aliphatic hydroxyl groups is 2. The Morgan fingerprint density at radius 1 is 1.20 bits per heavy atom. The molecule has 0 saturated heterocycles. The summed E-state index contributed by atoms with van der Waals surface area (Å²) in [5.74, 6) is 0.401. The van der Waals surface area contributed by atoms with E-state index in [1.54, 1.807) is 0 Å². The molecule has 1 rings (SSSR count). The van der Waals surface area contributed by atoms with Crippen molar-refractivity contribution in [2.45, 2.75) is 31.5 Å². The third-order valence-electron chi connectivity index (χ3n) is 2.15. The third-order valence-corrected chi connectivity index (χ3v) is 2.15. The van der Waals surface area contributed by atoms with E-state index in [1.807, 2.05) is 6.08 Å². The predicted molar refractivity (Wildman–Crippen MR) is 39.6 cm³/mol. The molecule has 0 spiro atoms. The molecule has 1 unspecified atom stereocenters. The monoisotopic (exact) mass is 142 g/mol. The maximum atomic E-state index is 9.18. The second-order valence-corrected chi connectivity index (χ2v) is 2.94. The van der Waals surface area contributed by atoms with Crippen molar-refractivity contribution in [3.05, 3.63) is 12.7 Å². The first-order valence-corrected chi connectivity index (χ1v) is 3.72. The van der Waals surface area contributed by atoms with E-state index in [2.05, 4.69) is 6.58 Å². The molecule has 2 heteroatoms. The fourth-order valence-corrected chi connectivity index (χ4v) is 1.38. The van der Waals surface area contributed by atoms with Crippen LogP contribution in [0.2, 0.25) is 0 Å². The number of aliphatic hydroxyl groups excluding tert-OH is 2. The fourth-order valence-electron chi connectivity index (χ4n) is 1.38. The fraction of sp³-hybridized carbons (Fsp3) is 0.750. The molecule has 0 aromatic carbocycles. The van der Waals surface area contributed by atoms with Gasteiger partial charge in [-0.2, -0.15) is 0 Å². The smallest absolute Gasteiger partial charge is 0.0804 e. The molecular weight excluding hydrogens is 128 g/mol. The van der Waals surface area contributed by atoms with Crippen LogP contribution in [0.4, 0.5) is 0 Å². The Kier molecular flexibility index (Phi) is 2.46. The molecule has 2 N–H and O–H groups in total. The van der Waals surface area contributed by atoms with Gasteiger partial charge in [0, 0.05) is 0 Å². The Bertz CT molecular complexity index is 122. The molecular formula is C8H14O2. The average molecular weight is 142 g/mol. The summed E-state index contributed by atoms with van der Waals surface area (Å²) < 4.78 is 0. The van der Waals surface area contributed by atoms with Crippen molar-refractivity contribution in [1.82, 2.24) is 0 Å². The quantitative estimate of drug-likeness (QED) is 0.529. The summed E-state index contributed by atoms with van der Waals surface area (Å²) in [6.45, 7) is 3.65. The van der Waals surface area contributed by atoms with E-state index in [-0.39, 0.29) is 0 Å². The standard InChI is InChI=1S/C8H14O2/c1-2-6-3-4-7(9)8(10)5-6/h2,6-10H,1,3-5H2/t6?,7-,8-/m1/s1. The molecule has 0 aromatic heterocycles. The summed E-state index contributed by atoms with van der Waals surface area (Å²) in [6, 6.07) is 0. The molecule has 0 aliphatic heterocycles. The van der Waals surface area contributed by atoms with Gasteiger partial charge in [0.1, 0.15) is 0 Å². The topological polar surface area (TPSA) is 40.5 Å². The third kappa shape index (κ3) is 1.58. The minimum absolute atomic E-state index is 0.401. The van der Waals surface area contributed by atoms with E-state index in [0.29, 0.717) is 18.8 Å². The van der Waals surface area contributed by atoms with Gasteiger partial charge in [-0.25, -0.2) is 0 Å². The molecule has 0 amide bonds. The molecule has 1 aliphatic rings. The summed E-state index contributed by atoms with van der Waals surface area (Å²) in [4.78, 5) is 0. The molecule has 0 radical (unpaired) electrons. The Morgan fingerprint density at radius 2 is 1.90 bits per heavy atom. The van der Waals surface area contributed by atoms with Gasteiger partial charge in [0.2, 0.25) is 0 Å². The highest BCUT2D eigenvalue weighted by Crippen LogP contribution is 2.24. The van der Waals surface area contributed by atoms with Crippen molar-refractivity contribution in [1.29, 1.82) is 0 Å². The van der Waals surface area contributed by atoms with Crippen LogP contribution in [0.15, 0.2) is 12.7 Å². The van der Waals surface area contributed by atoms with E-state index in [4.69, 9.17) is 5.11 Å². The zero-order chi connectivity index (χ0) is 7.56. The Labute approximate surface area is 61.2 Å². The highest BCUT2D eigenvalue weighted by Gasteiger charge is 2.25. The predicted octanol–water partition coefficient (Wildman–Crippen LogP) is 0.694. The lowest BCUT2D eigenvalue weighted by molar-refractivity contribution is -0.0188. The van der Waals surface area contributed by atoms with E-state index in [1.165, 1.54) is 0 Å². The van der Waals surface area contributed by atoms with Crippen molar-refractivity contribution in [3.63, 3.8) is 0 Å². The van der Waals surface area contributed by atoms with Crippen LogP contribution in [-0.2, 0) is 0 Å². The van der Waals surface area contributed by atoms with Crippen LogP contribution < -0.4 is 0 Å². The van der Waals surface area contributed by atoms with Gasteiger partial charge in [0.25, 0.3) is 0 Å². The second kappa shape index (κ2) is 3.17. The molecule has 1 saturated carbocycles. The van der Waals surface area contributed by atoms with Crippen LogP contribution in [0.25, 0.3) is 0 Å². The Balaban J connectivity index is 2.40. The van der Waals surface area contributed by atoms with Crippen LogP contribution in [0.5, 0.6) is 0 Å². The molecule has 1 aliphatic carbocycles. The number of allylic oxidation sites excluding steroid dienone is 1. The van der Waals surface area contributed by atoms with Crippen molar-refractivity contribution in [3.8, 4) is 0 Å². The van der Waals surface area contributed by atoms with E-state index in [9.17, 15) is 5.11 Å². The Morgan fingerprint density at radius 3 is 2.40 bits per heavy atom. The number of hydrogen-bond acceptors (Lipinski definition) is 2. The summed E-state index contributed by atoms with van der Waals surface area (Å²) in [7, 11) is 0. The van der Waals surface area contributed by atoms with Gasteiger partial charge in [0.05, 0.1) is 12.2 Å². The highest BCUT2D eigenvalue weighted by molar-refractivity contribution is 4.88.